The predicted molar refractivity (Wildman–Crippen MR) is 112 cm³/mol. The normalized spacial score (nSPS) is 14.8. The molecule has 0 saturated carbocycles. The molecule has 1 aliphatic rings. The fourth-order valence-corrected chi connectivity index (χ4v) is 3.91. The van der Waals surface area contributed by atoms with Crippen molar-refractivity contribution < 1.29 is 14.5 Å². The van der Waals surface area contributed by atoms with Gasteiger partial charge in [0.15, 0.2) is 6.54 Å². The van der Waals surface area contributed by atoms with Gasteiger partial charge in [0, 0.05) is 11.3 Å². The largest absolute Gasteiger partial charge is 0.327 e. The topological polar surface area (TPSA) is 53.9 Å². The van der Waals surface area contributed by atoms with Crippen LogP contribution in [0.15, 0.2) is 36.4 Å². The molecule has 2 aromatic rings. The second-order valence-electron chi connectivity index (χ2n) is 7.91. The highest BCUT2D eigenvalue weighted by Gasteiger charge is 2.26. The molecule has 148 valence electrons. The Bertz CT molecular complexity index is 843. The lowest BCUT2D eigenvalue weighted by Crippen LogP contribution is -3.15. The quantitative estimate of drug-likeness (QED) is 0.851. The van der Waals surface area contributed by atoms with Gasteiger partial charge in [0.1, 0.15) is 0 Å². The van der Waals surface area contributed by atoms with E-state index < -0.39 is 0 Å². The van der Waals surface area contributed by atoms with Crippen molar-refractivity contribution >= 4 is 17.5 Å². The summed E-state index contributed by atoms with van der Waals surface area (Å²) in [6.45, 7) is 11.4. The molecule has 0 radical (unpaired) electrons. The average molecular weight is 381 g/mol. The number of para-hydroxylation sites is 1. The third-order valence-electron chi connectivity index (χ3n) is 5.38. The van der Waals surface area contributed by atoms with Gasteiger partial charge in [0.2, 0.25) is 0 Å². The Kier molecular flexibility index (Phi) is 6.15. The van der Waals surface area contributed by atoms with Crippen LogP contribution in [-0.2, 0) is 4.79 Å². The maximum Gasteiger partial charge on any atom is 0.279 e. The summed E-state index contributed by atoms with van der Waals surface area (Å²) in [6.07, 6.45) is 0. The van der Waals surface area contributed by atoms with E-state index in [0.717, 1.165) is 46.6 Å². The first-order valence-corrected chi connectivity index (χ1v) is 9.90. The average Bonchev–Trinajstić information content (AvgIpc) is 2.64. The summed E-state index contributed by atoms with van der Waals surface area (Å²) in [7, 11) is 0. The molecule has 0 bridgehead atoms. The van der Waals surface area contributed by atoms with E-state index in [1.807, 2.05) is 62.9 Å². The van der Waals surface area contributed by atoms with E-state index in [-0.39, 0.29) is 11.8 Å². The summed E-state index contributed by atoms with van der Waals surface area (Å²) in [5, 5.41) is 3.06. The number of hydrogen-bond acceptors (Lipinski definition) is 2. The molecule has 5 nitrogen and oxygen atoms in total. The molecule has 5 heteroatoms. The summed E-state index contributed by atoms with van der Waals surface area (Å²) in [5.41, 5.74) is 6.04. The van der Waals surface area contributed by atoms with Gasteiger partial charge >= 0.3 is 0 Å². The van der Waals surface area contributed by atoms with Gasteiger partial charge in [0.25, 0.3) is 11.8 Å². The molecule has 2 N–H and O–H groups in total. The van der Waals surface area contributed by atoms with Crippen LogP contribution in [0.2, 0.25) is 0 Å². The number of nitrogens with one attached hydrogen (secondary N) is 2. The van der Waals surface area contributed by atoms with Gasteiger partial charge in [-0.3, -0.25) is 9.59 Å². The van der Waals surface area contributed by atoms with Crippen LogP contribution in [-0.4, -0.2) is 49.4 Å². The van der Waals surface area contributed by atoms with E-state index in [2.05, 4.69) is 11.4 Å². The Hall–Kier alpha value is -2.66. The van der Waals surface area contributed by atoms with E-state index in [1.165, 1.54) is 4.90 Å². The van der Waals surface area contributed by atoms with Gasteiger partial charge in [-0.25, -0.2) is 0 Å². The number of rotatable bonds is 4. The second-order valence-corrected chi connectivity index (χ2v) is 7.91. The Morgan fingerprint density at radius 2 is 1.54 bits per heavy atom. The number of amides is 2. The Balaban J connectivity index is 1.54. The number of aryl methyl sites for hydroxylation is 4. The number of carbonyl (C=O) groups excluding carboxylic acids is 2. The summed E-state index contributed by atoms with van der Waals surface area (Å²) < 4.78 is 0. The maximum atomic E-state index is 12.8. The molecule has 0 aliphatic carbocycles. The zero-order valence-electron chi connectivity index (χ0n) is 17.3. The molecule has 2 aromatic carbocycles. The van der Waals surface area contributed by atoms with E-state index in [1.54, 1.807) is 0 Å². The van der Waals surface area contributed by atoms with Crippen molar-refractivity contribution in [1.29, 1.82) is 0 Å². The van der Waals surface area contributed by atoms with Gasteiger partial charge in [0.05, 0.1) is 26.2 Å². The molecular formula is C23H30N3O2+. The Morgan fingerprint density at radius 1 is 0.964 bits per heavy atom. The van der Waals surface area contributed by atoms with Crippen LogP contribution in [0.3, 0.4) is 0 Å². The van der Waals surface area contributed by atoms with Crippen molar-refractivity contribution in [2.45, 2.75) is 27.7 Å². The number of benzene rings is 2. The predicted octanol–water partition coefficient (Wildman–Crippen LogP) is 1.90. The van der Waals surface area contributed by atoms with Crippen LogP contribution in [0.25, 0.3) is 0 Å². The van der Waals surface area contributed by atoms with Crippen molar-refractivity contribution in [3.05, 3.63) is 64.2 Å². The number of anilines is 1. The van der Waals surface area contributed by atoms with E-state index in [9.17, 15) is 9.59 Å². The lowest BCUT2D eigenvalue weighted by Gasteiger charge is -2.32. The monoisotopic (exact) mass is 380 g/mol. The van der Waals surface area contributed by atoms with Crippen LogP contribution in [0.1, 0.15) is 32.6 Å². The first-order chi connectivity index (χ1) is 13.3. The molecule has 28 heavy (non-hydrogen) atoms. The van der Waals surface area contributed by atoms with Crippen LogP contribution in [0.4, 0.5) is 5.69 Å². The van der Waals surface area contributed by atoms with Gasteiger partial charge < -0.3 is 15.1 Å². The van der Waals surface area contributed by atoms with Gasteiger partial charge in [-0.15, -0.1) is 0 Å². The SMILES string of the molecule is Cc1cc(C)cc(C(=O)N2CC[NH+](CC(=O)Nc3c(C)cccc3C)CC2)c1. The van der Waals surface area contributed by atoms with Crippen molar-refractivity contribution in [3.8, 4) is 0 Å². The Morgan fingerprint density at radius 3 is 2.11 bits per heavy atom. The number of carbonyl (C=O) groups is 2. The minimum Gasteiger partial charge on any atom is -0.327 e. The van der Waals surface area contributed by atoms with Crippen LogP contribution in [0, 0.1) is 27.7 Å². The molecule has 2 amide bonds. The summed E-state index contributed by atoms with van der Waals surface area (Å²) in [6, 6.07) is 12.0. The van der Waals surface area contributed by atoms with E-state index in [4.69, 9.17) is 0 Å². The van der Waals surface area contributed by atoms with Gasteiger partial charge in [-0.05, 0) is 51.0 Å². The third-order valence-corrected chi connectivity index (χ3v) is 5.38. The number of quaternary nitrogens is 1. The second kappa shape index (κ2) is 8.57. The fraction of sp³-hybridized carbons (Fsp3) is 0.391. The molecule has 0 aromatic heterocycles. The zero-order chi connectivity index (χ0) is 20.3. The van der Waals surface area contributed by atoms with Gasteiger partial charge in [-0.1, -0.05) is 35.4 Å². The molecule has 1 heterocycles. The van der Waals surface area contributed by atoms with Crippen molar-refractivity contribution in [2.75, 3.05) is 38.0 Å². The highest BCUT2D eigenvalue weighted by molar-refractivity contribution is 5.95. The van der Waals surface area contributed by atoms with Crippen LogP contribution >= 0.6 is 0 Å². The standard InChI is InChI=1S/C23H29N3O2/c1-16-12-17(2)14-20(13-16)23(28)26-10-8-25(9-11-26)15-21(27)24-22-18(3)6-5-7-19(22)4/h5-7,12-14H,8-11,15H2,1-4H3,(H,24,27)/p+1. The molecule has 0 spiro atoms. The summed E-state index contributed by atoms with van der Waals surface area (Å²) >= 11 is 0. The zero-order valence-corrected chi connectivity index (χ0v) is 17.3. The van der Waals surface area contributed by atoms with Crippen LogP contribution in [0.5, 0.6) is 0 Å². The van der Waals surface area contributed by atoms with Gasteiger partial charge in [-0.2, -0.15) is 0 Å². The highest BCUT2D eigenvalue weighted by atomic mass is 16.2. The summed E-state index contributed by atoms with van der Waals surface area (Å²) in [4.78, 5) is 28.4. The fourth-order valence-electron chi connectivity index (χ4n) is 3.91. The lowest BCUT2D eigenvalue weighted by molar-refractivity contribution is -0.895. The highest BCUT2D eigenvalue weighted by Crippen LogP contribution is 2.19. The Labute approximate surface area is 167 Å². The molecule has 1 saturated heterocycles. The molecule has 0 atom stereocenters. The summed E-state index contributed by atoms with van der Waals surface area (Å²) in [5.74, 6) is 0.118. The first-order valence-electron chi connectivity index (χ1n) is 9.90. The van der Waals surface area contributed by atoms with Crippen LogP contribution < -0.4 is 10.2 Å². The van der Waals surface area contributed by atoms with E-state index in [0.29, 0.717) is 19.6 Å². The van der Waals surface area contributed by atoms with Crippen molar-refractivity contribution in [3.63, 3.8) is 0 Å². The first kappa shape index (κ1) is 20.1. The molecule has 1 fully saturated rings. The number of piperazine rings is 1. The smallest absolute Gasteiger partial charge is 0.279 e. The minimum atomic E-state index is 0.0292. The third kappa shape index (κ3) is 4.78. The molecule has 0 unspecified atom stereocenters. The minimum absolute atomic E-state index is 0.0292. The molecular weight excluding hydrogens is 350 g/mol. The number of nitrogens with zero attached hydrogens (tertiary/aromatic N) is 1. The van der Waals surface area contributed by atoms with E-state index >= 15 is 0 Å². The molecule has 1 aliphatic heterocycles. The number of hydrogen-bond donors (Lipinski definition) is 2. The van der Waals surface area contributed by atoms with Crippen molar-refractivity contribution in [1.82, 2.24) is 4.90 Å². The lowest BCUT2D eigenvalue weighted by atomic mass is 10.1. The molecule has 3 rings (SSSR count). The van der Waals surface area contributed by atoms with Crippen molar-refractivity contribution in [2.24, 2.45) is 0 Å². The maximum absolute atomic E-state index is 12.8.